The first-order valence-electron chi connectivity index (χ1n) is 10.8. The number of fused-ring (bicyclic) bond motifs is 3. The van der Waals surface area contributed by atoms with Crippen LogP contribution in [0.1, 0.15) is 40.0 Å². The van der Waals surface area contributed by atoms with Crippen LogP contribution in [0.25, 0.3) is 4.85 Å². The second-order valence-electron chi connectivity index (χ2n) is 9.41. The van der Waals surface area contributed by atoms with Gasteiger partial charge in [-0.15, -0.1) is 0 Å². The molecule has 0 unspecified atom stereocenters. The molecule has 0 radical (unpaired) electrons. The summed E-state index contributed by atoms with van der Waals surface area (Å²) in [5.41, 5.74) is 1.88. The van der Waals surface area contributed by atoms with Gasteiger partial charge in [-0.25, -0.2) is 4.85 Å². The van der Waals surface area contributed by atoms with Crippen molar-refractivity contribution in [3.8, 4) is 0 Å². The lowest BCUT2D eigenvalue weighted by molar-refractivity contribution is -0.154. The number of piperidine rings is 3. The highest BCUT2D eigenvalue weighted by Crippen LogP contribution is 2.48. The minimum Gasteiger partial charge on any atom is -0.337 e. The van der Waals surface area contributed by atoms with Crippen LogP contribution in [-0.4, -0.2) is 67.1 Å². The van der Waals surface area contributed by atoms with Gasteiger partial charge in [0, 0.05) is 51.0 Å². The van der Waals surface area contributed by atoms with Gasteiger partial charge in [-0.2, -0.15) is 0 Å². The predicted molar refractivity (Wildman–Crippen MR) is 113 cm³/mol. The zero-order chi connectivity index (χ0) is 19.9. The molecule has 1 atom stereocenters. The van der Waals surface area contributed by atoms with E-state index in [2.05, 4.69) is 47.5 Å². The number of carbonyl (C=O) groups excluding carboxylic acids is 1. The minimum absolute atomic E-state index is 0.134. The number of nitrogens with zero attached hydrogens (tertiary/aromatic N) is 4. The molecule has 0 aliphatic carbocycles. The molecular weight excluding hydrogens is 348 g/mol. The first-order chi connectivity index (χ1) is 13.4. The standard InChI is InChI=1S/C23H33N4O/c1-18(2)25-12-13-26(19(3)17-25)22(28)23-9-14-27(15-10-23,16-11-23)21-7-5-20(24-4)6-8-21/h5-8,18-19H,9-17H2,1-3H3/q+1/t19-,23?,27?/m0/s1. The van der Waals surface area contributed by atoms with Crippen LogP contribution in [0.4, 0.5) is 11.4 Å². The van der Waals surface area contributed by atoms with E-state index in [1.54, 1.807) is 0 Å². The maximum absolute atomic E-state index is 13.6. The summed E-state index contributed by atoms with van der Waals surface area (Å²) in [7, 11) is 0. The van der Waals surface area contributed by atoms with Crippen molar-refractivity contribution in [2.45, 2.75) is 52.1 Å². The zero-order valence-electron chi connectivity index (χ0n) is 17.5. The third kappa shape index (κ3) is 3.13. The fourth-order valence-corrected chi connectivity index (χ4v) is 5.61. The van der Waals surface area contributed by atoms with Gasteiger partial charge in [0.15, 0.2) is 5.69 Å². The molecule has 4 heterocycles. The Balaban J connectivity index is 1.46. The minimum atomic E-state index is -0.134. The van der Waals surface area contributed by atoms with Gasteiger partial charge >= 0.3 is 0 Å². The van der Waals surface area contributed by atoms with Gasteiger partial charge in [-0.1, -0.05) is 12.1 Å². The van der Waals surface area contributed by atoms with Crippen LogP contribution in [-0.2, 0) is 4.79 Å². The molecule has 0 N–H and O–H groups in total. The monoisotopic (exact) mass is 381 g/mol. The molecule has 1 aromatic carbocycles. The topological polar surface area (TPSA) is 27.9 Å². The van der Waals surface area contributed by atoms with Gasteiger partial charge in [0.05, 0.1) is 31.6 Å². The SMILES string of the molecule is [C-]#[N+]c1ccc([N+]23CCC(C(=O)N4CCN(C(C)C)C[C@@H]4C)(CC2)CC3)cc1. The van der Waals surface area contributed by atoms with Crippen molar-refractivity contribution in [3.63, 3.8) is 0 Å². The van der Waals surface area contributed by atoms with E-state index in [4.69, 9.17) is 6.57 Å². The van der Waals surface area contributed by atoms with Gasteiger partial charge in [0.2, 0.25) is 5.91 Å². The van der Waals surface area contributed by atoms with Gasteiger partial charge in [0.25, 0.3) is 0 Å². The maximum Gasteiger partial charge on any atom is 0.229 e. The van der Waals surface area contributed by atoms with Crippen LogP contribution < -0.4 is 4.48 Å². The summed E-state index contributed by atoms with van der Waals surface area (Å²) in [4.78, 5) is 21.8. The predicted octanol–water partition coefficient (Wildman–Crippen LogP) is 3.67. The molecule has 4 fully saturated rings. The lowest BCUT2D eigenvalue weighted by Crippen LogP contribution is -2.67. The fraction of sp³-hybridized carbons (Fsp3) is 0.652. The summed E-state index contributed by atoms with van der Waals surface area (Å²) in [6, 6.07) is 8.98. The number of benzene rings is 1. The quantitative estimate of drug-likeness (QED) is 0.590. The number of hydrogen-bond donors (Lipinski definition) is 0. The largest absolute Gasteiger partial charge is 0.337 e. The van der Waals surface area contributed by atoms with E-state index in [1.165, 1.54) is 5.69 Å². The molecule has 4 aliphatic rings. The average Bonchev–Trinajstić information content (AvgIpc) is 2.74. The Hall–Kier alpha value is -1.90. The molecule has 1 amide bonds. The van der Waals surface area contributed by atoms with E-state index in [-0.39, 0.29) is 5.41 Å². The lowest BCUT2D eigenvalue weighted by Gasteiger charge is -2.55. The Morgan fingerprint density at radius 1 is 1.14 bits per heavy atom. The molecule has 0 spiro atoms. The molecule has 0 saturated carbocycles. The molecule has 5 nitrogen and oxygen atoms in total. The smallest absolute Gasteiger partial charge is 0.229 e. The van der Waals surface area contributed by atoms with Crippen molar-refractivity contribution in [3.05, 3.63) is 35.7 Å². The number of hydrogen-bond acceptors (Lipinski definition) is 2. The molecule has 4 aliphatic heterocycles. The molecule has 0 aromatic heterocycles. The molecule has 5 heteroatoms. The summed E-state index contributed by atoms with van der Waals surface area (Å²) >= 11 is 0. The average molecular weight is 382 g/mol. The van der Waals surface area contributed by atoms with Crippen molar-refractivity contribution in [2.75, 3.05) is 39.3 Å². The third-order valence-corrected chi connectivity index (χ3v) is 7.69. The maximum atomic E-state index is 13.6. The first-order valence-corrected chi connectivity index (χ1v) is 10.8. The molecule has 150 valence electrons. The number of piperazine rings is 1. The molecule has 1 aromatic rings. The van der Waals surface area contributed by atoms with Gasteiger partial charge < -0.3 is 4.90 Å². The van der Waals surface area contributed by atoms with Crippen LogP contribution in [0.15, 0.2) is 24.3 Å². The van der Waals surface area contributed by atoms with Crippen molar-refractivity contribution in [1.29, 1.82) is 0 Å². The first kappa shape index (κ1) is 19.4. The number of rotatable bonds is 3. The van der Waals surface area contributed by atoms with Gasteiger partial charge in [-0.05, 0) is 32.9 Å². The highest BCUT2D eigenvalue weighted by atomic mass is 16.2. The Bertz CT molecular complexity index is 754. The van der Waals surface area contributed by atoms with E-state index in [1.807, 2.05) is 12.1 Å². The number of carbonyl (C=O) groups is 1. The summed E-state index contributed by atoms with van der Waals surface area (Å²) < 4.78 is 0.990. The van der Waals surface area contributed by atoms with Gasteiger partial charge in [-0.3, -0.25) is 14.2 Å². The lowest BCUT2D eigenvalue weighted by atomic mass is 9.69. The van der Waals surface area contributed by atoms with E-state index in [0.717, 1.165) is 63.0 Å². The Labute approximate surface area is 169 Å². The van der Waals surface area contributed by atoms with Crippen molar-refractivity contribution >= 4 is 17.3 Å². The number of quaternary nitrogens is 1. The van der Waals surface area contributed by atoms with Crippen LogP contribution in [0, 0.1) is 12.0 Å². The fourth-order valence-electron chi connectivity index (χ4n) is 5.61. The van der Waals surface area contributed by atoms with Crippen molar-refractivity contribution in [1.82, 2.24) is 14.3 Å². The van der Waals surface area contributed by atoms with E-state index in [0.29, 0.717) is 23.7 Å². The molecule has 28 heavy (non-hydrogen) atoms. The Morgan fingerprint density at radius 2 is 1.75 bits per heavy atom. The third-order valence-electron chi connectivity index (χ3n) is 7.69. The highest BCUT2D eigenvalue weighted by Gasteiger charge is 2.55. The van der Waals surface area contributed by atoms with Crippen LogP contribution in [0.2, 0.25) is 0 Å². The Morgan fingerprint density at radius 3 is 2.25 bits per heavy atom. The highest BCUT2D eigenvalue weighted by molar-refractivity contribution is 5.84. The summed E-state index contributed by atoms with van der Waals surface area (Å²) in [6.45, 7) is 19.9. The molecule has 2 bridgehead atoms. The van der Waals surface area contributed by atoms with Crippen molar-refractivity contribution < 1.29 is 4.79 Å². The summed E-state index contributed by atoms with van der Waals surface area (Å²) in [6.07, 6.45) is 2.98. The molecular formula is C23H33N4O+. The number of amides is 1. The molecule has 4 saturated heterocycles. The second kappa shape index (κ2) is 7.17. The van der Waals surface area contributed by atoms with E-state index < -0.39 is 0 Å². The van der Waals surface area contributed by atoms with E-state index >= 15 is 0 Å². The molecule has 5 rings (SSSR count). The van der Waals surface area contributed by atoms with Crippen molar-refractivity contribution in [2.24, 2.45) is 5.41 Å². The summed E-state index contributed by atoms with van der Waals surface area (Å²) in [5.74, 6) is 0.421. The van der Waals surface area contributed by atoms with Crippen LogP contribution in [0.5, 0.6) is 0 Å². The Kier molecular flexibility index (Phi) is 4.97. The van der Waals surface area contributed by atoms with Crippen LogP contribution >= 0.6 is 0 Å². The van der Waals surface area contributed by atoms with E-state index in [9.17, 15) is 4.79 Å². The second-order valence-corrected chi connectivity index (χ2v) is 9.41. The van der Waals surface area contributed by atoms with Gasteiger partial charge in [0.1, 0.15) is 5.69 Å². The zero-order valence-corrected chi connectivity index (χ0v) is 17.5. The summed E-state index contributed by atoms with van der Waals surface area (Å²) in [5, 5.41) is 0. The van der Waals surface area contributed by atoms with Crippen LogP contribution in [0.3, 0.4) is 0 Å². The normalized spacial score (nSPS) is 33.1.